The molecule has 0 bridgehead atoms. The molecule has 9 heteroatoms. The zero-order chi connectivity index (χ0) is 16.4. The Bertz CT molecular complexity index is 800. The summed E-state index contributed by atoms with van der Waals surface area (Å²) in [7, 11) is 0. The van der Waals surface area contributed by atoms with E-state index in [1.165, 1.54) is 6.20 Å². The predicted molar refractivity (Wildman–Crippen MR) is 77.2 cm³/mol. The maximum Gasteiger partial charge on any atom is 0.408 e. The summed E-state index contributed by atoms with van der Waals surface area (Å²) >= 11 is 0.749. The minimum Gasteiger partial charge on any atom is -0.303 e. The molecule has 3 rings (SSSR count). The fourth-order valence-corrected chi connectivity index (χ4v) is 2.74. The number of rotatable bonds is 4. The molecular weight excluding hydrogens is 332 g/mol. The lowest BCUT2D eigenvalue weighted by molar-refractivity contribution is -0.152. The highest BCUT2D eigenvalue weighted by atomic mass is 32.2. The summed E-state index contributed by atoms with van der Waals surface area (Å²) in [4.78, 5) is 8.04. The molecule has 1 unspecified atom stereocenters. The van der Waals surface area contributed by atoms with Crippen LogP contribution >= 0.6 is 11.9 Å². The van der Waals surface area contributed by atoms with Crippen LogP contribution in [0, 0.1) is 5.82 Å². The summed E-state index contributed by atoms with van der Waals surface area (Å²) in [5.74, 6) is -0.588. The molecule has 0 aliphatic rings. The van der Waals surface area contributed by atoms with E-state index in [1.54, 1.807) is 23.0 Å². The van der Waals surface area contributed by atoms with Gasteiger partial charge in [0.2, 0.25) is 0 Å². The Morgan fingerprint density at radius 3 is 2.57 bits per heavy atom. The van der Waals surface area contributed by atoms with Crippen molar-refractivity contribution in [2.24, 2.45) is 0 Å². The quantitative estimate of drug-likeness (QED) is 0.579. The molecule has 2 aromatic heterocycles. The number of hydrogen-bond acceptors (Lipinski definition) is 4. The minimum atomic E-state index is -4.52. The zero-order valence-corrected chi connectivity index (χ0v) is 12.3. The molecule has 0 saturated carbocycles. The van der Waals surface area contributed by atoms with Gasteiger partial charge in [0.05, 0.1) is 6.20 Å². The number of fused-ring (bicyclic) bond motifs is 1. The summed E-state index contributed by atoms with van der Waals surface area (Å²) in [6.45, 7) is 0. The molecule has 0 radical (unpaired) electrons. The van der Waals surface area contributed by atoms with Crippen LogP contribution in [-0.4, -0.2) is 20.5 Å². The van der Waals surface area contributed by atoms with Crippen LogP contribution in [0.5, 0.6) is 0 Å². The average molecular weight is 342 g/mol. The van der Waals surface area contributed by atoms with Gasteiger partial charge in [0.15, 0.2) is 5.65 Å². The van der Waals surface area contributed by atoms with Crippen molar-refractivity contribution in [3.05, 3.63) is 60.4 Å². The van der Waals surface area contributed by atoms with Crippen LogP contribution in [-0.2, 0) is 0 Å². The van der Waals surface area contributed by atoms with E-state index < -0.39 is 18.0 Å². The highest BCUT2D eigenvalue weighted by Gasteiger charge is 2.40. The first-order valence-electron chi connectivity index (χ1n) is 6.47. The van der Waals surface area contributed by atoms with Gasteiger partial charge in [0.25, 0.3) is 0 Å². The SMILES string of the molecule is Fc1ccc(C(NSc2cn3ccnc3cn2)C(F)(F)F)cc1. The van der Waals surface area contributed by atoms with Gasteiger partial charge in [0, 0.05) is 18.6 Å². The molecule has 0 fully saturated rings. The first-order valence-corrected chi connectivity index (χ1v) is 7.28. The van der Waals surface area contributed by atoms with Gasteiger partial charge < -0.3 is 4.40 Å². The molecule has 4 nitrogen and oxygen atoms in total. The second-order valence-electron chi connectivity index (χ2n) is 4.66. The highest BCUT2D eigenvalue weighted by molar-refractivity contribution is 7.97. The fourth-order valence-electron chi connectivity index (χ4n) is 1.96. The van der Waals surface area contributed by atoms with Crippen LogP contribution < -0.4 is 4.72 Å². The van der Waals surface area contributed by atoms with Crippen LogP contribution in [0.25, 0.3) is 5.65 Å². The summed E-state index contributed by atoms with van der Waals surface area (Å²) in [5, 5.41) is 0.354. The van der Waals surface area contributed by atoms with E-state index in [4.69, 9.17) is 0 Å². The molecule has 3 aromatic rings. The van der Waals surface area contributed by atoms with Crippen molar-refractivity contribution in [3.8, 4) is 0 Å². The van der Waals surface area contributed by atoms with E-state index in [1.807, 2.05) is 0 Å². The summed E-state index contributed by atoms with van der Waals surface area (Å²) in [6.07, 6.45) is 1.74. The molecule has 0 saturated heterocycles. The van der Waals surface area contributed by atoms with Crippen molar-refractivity contribution in [3.63, 3.8) is 0 Å². The van der Waals surface area contributed by atoms with E-state index in [0.29, 0.717) is 10.7 Å². The van der Waals surface area contributed by atoms with Gasteiger partial charge in [0.1, 0.15) is 16.9 Å². The van der Waals surface area contributed by atoms with Crippen molar-refractivity contribution in [2.45, 2.75) is 17.2 Å². The molecule has 1 N–H and O–H groups in total. The first-order chi connectivity index (χ1) is 10.9. The number of imidazole rings is 1. The second-order valence-corrected chi connectivity index (χ2v) is 5.52. The third kappa shape index (κ3) is 3.62. The largest absolute Gasteiger partial charge is 0.408 e. The topological polar surface area (TPSA) is 42.2 Å². The molecule has 23 heavy (non-hydrogen) atoms. The fraction of sp³-hybridized carbons (Fsp3) is 0.143. The van der Waals surface area contributed by atoms with Crippen LogP contribution in [0.15, 0.2) is 54.1 Å². The normalized spacial score (nSPS) is 13.4. The van der Waals surface area contributed by atoms with E-state index in [9.17, 15) is 17.6 Å². The third-order valence-corrected chi connectivity index (χ3v) is 3.84. The van der Waals surface area contributed by atoms with Gasteiger partial charge >= 0.3 is 6.18 Å². The highest BCUT2D eigenvalue weighted by Crippen LogP contribution is 2.35. The van der Waals surface area contributed by atoms with E-state index >= 15 is 0 Å². The van der Waals surface area contributed by atoms with Gasteiger partial charge in [-0.25, -0.2) is 19.1 Å². The van der Waals surface area contributed by atoms with Crippen molar-refractivity contribution < 1.29 is 17.6 Å². The number of nitrogens with zero attached hydrogens (tertiary/aromatic N) is 3. The van der Waals surface area contributed by atoms with Crippen LogP contribution in [0.1, 0.15) is 11.6 Å². The Morgan fingerprint density at radius 2 is 1.87 bits per heavy atom. The molecule has 0 aliphatic heterocycles. The number of benzene rings is 1. The van der Waals surface area contributed by atoms with Crippen LogP contribution in [0.2, 0.25) is 0 Å². The number of nitrogens with one attached hydrogen (secondary N) is 1. The molecule has 1 atom stereocenters. The molecule has 0 spiro atoms. The molecule has 0 aliphatic carbocycles. The predicted octanol–water partition coefficient (Wildman–Crippen LogP) is 3.77. The van der Waals surface area contributed by atoms with Crippen molar-refractivity contribution >= 4 is 17.6 Å². The Kier molecular flexibility index (Phi) is 4.22. The van der Waals surface area contributed by atoms with Gasteiger partial charge in [-0.15, -0.1) is 0 Å². The van der Waals surface area contributed by atoms with Gasteiger partial charge in [-0.2, -0.15) is 13.2 Å². The number of alkyl halides is 3. The Hall–Kier alpha value is -2.13. The lowest BCUT2D eigenvalue weighted by Gasteiger charge is -2.21. The van der Waals surface area contributed by atoms with Crippen molar-refractivity contribution in [1.82, 2.24) is 19.1 Å². The smallest absolute Gasteiger partial charge is 0.303 e. The maximum atomic E-state index is 13.2. The van der Waals surface area contributed by atoms with Crippen LogP contribution in [0.4, 0.5) is 17.6 Å². The number of aromatic nitrogens is 3. The van der Waals surface area contributed by atoms with Crippen molar-refractivity contribution in [2.75, 3.05) is 0 Å². The van der Waals surface area contributed by atoms with E-state index in [-0.39, 0.29) is 5.56 Å². The minimum absolute atomic E-state index is 0.0740. The molecule has 0 amide bonds. The number of hydrogen-bond donors (Lipinski definition) is 1. The summed E-state index contributed by atoms with van der Waals surface area (Å²) in [6, 6.07) is 2.27. The second kappa shape index (κ2) is 6.17. The van der Waals surface area contributed by atoms with E-state index in [2.05, 4.69) is 14.7 Å². The monoisotopic (exact) mass is 342 g/mol. The average Bonchev–Trinajstić information content (AvgIpc) is 2.95. The molecule has 120 valence electrons. The van der Waals surface area contributed by atoms with Crippen molar-refractivity contribution in [1.29, 1.82) is 0 Å². The standard InChI is InChI=1S/C14H10F4N4S/c15-10-3-1-9(2-4-10)13(14(16,17)18)21-23-12-8-22-6-5-19-11(22)7-20-12/h1-8,13,21H. The molecule has 2 heterocycles. The van der Waals surface area contributed by atoms with Gasteiger partial charge in [-0.3, -0.25) is 0 Å². The lowest BCUT2D eigenvalue weighted by atomic mass is 10.1. The van der Waals surface area contributed by atoms with Crippen LogP contribution in [0.3, 0.4) is 0 Å². The Balaban J connectivity index is 1.79. The van der Waals surface area contributed by atoms with E-state index in [0.717, 1.165) is 36.2 Å². The Morgan fingerprint density at radius 1 is 1.13 bits per heavy atom. The number of halogens is 4. The Labute approximate surface area is 132 Å². The van der Waals surface area contributed by atoms with Gasteiger partial charge in [-0.05, 0) is 29.6 Å². The van der Waals surface area contributed by atoms with Gasteiger partial charge in [-0.1, -0.05) is 12.1 Å². The first kappa shape index (κ1) is 15.8. The summed E-state index contributed by atoms with van der Waals surface area (Å²) < 4.78 is 56.5. The summed E-state index contributed by atoms with van der Waals surface area (Å²) in [5.41, 5.74) is 0.523. The lowest BCUT2D eigenvalue weighted by Crippen LogP contribution is -2.30. The maximum absolute atomic E-state index is 13.2. The zero-order valence-electron chi connectivity index (χ0n) is 11.5. The molecular formula is C14H10F4N4S. The third-order valence-electron chi connectivity index (χ3n) is 3.07. The molecule has 1 aromatic carbocycles.